The smallest absolute Gasteiger partial charge is 0.221 e. The molecule has 0 spiro atoms. The second-order valence-corrected chi connectivity index (χ2v) is 5.75. The van der Waals surface area contributed by atoms with Gasteiger partial charge in [0, 0.05) is 32.8 Å². The zero-order valence-electron chi connectivity index (χ0n) is 12.5. The molecule has 0 aliphatic heterocycles. The van der Waals surface area contributed by atoms with E-state index >= 15 is 0 Å². The van der Waals surface area contributed by atoms with Gasteiger partial charge in [0.05, 0.1) is 15.7 Å². The summed E-state index contributed by atoms with van der Waals surface area (Å²) in [5.74, 6) is 1.12. The zero-order chi connectivity index (χ0) is 16.3. The quantitative estimate of drug-likeness (QED) is 0.869. The molecule has 0 aliphatic rings. The third-order valence-electron chi connectivity index (χ3n) is 2.88. The second kappa shape index (κ2) is 6.90. The maximum atomic E-state index is 11.2. The Morgan fingerprint density at radius 1 is 1.09 bits per heavy atom. The van der Waals surface area contributed by atoms with Gasteiger partial charge in [-0.1, -0.05) is 23.2 Å². The van der Waals surface area contributed by atoms with Crippen LogP contribution in [0.25, 0.3) is 0 Å². The number of anilines is 2. The molecular weight excluding hydrogens is 323 g/mol. The van der Waals surface area contributed by atoms with Crippen molar-refractivity contribution in [3.63, 3.8) is 0 Å². The SMILES string of the molecule is CC(=O)Nc1ccc(Oc2ccc(Cl)c(Cl)c2)c(N(C)C)c1. The van der Waals surface area contributed by atoms with Crippen molar-refractivity contribution >= 4 is 40.5 Å². The van der Waals surface area contributed by atoms with Crippen LogP contribution in [0, 0.1) is 0 Å². The number of hydrogen-bond acceptors (Lipinski definition) is 3. The first-order valence-corrected chi connectivity index (χ1v) is 7.34. The van der Waals surface area contributed by atoms with Crippen molar-refractivity contribution in [2.75, 3.05) is 24.3 Å². The Balaban J connectivity index is 2.33. The molecule has 0 saturated carbocycles. The van der Waals surface area contributed by atoms with Crippen LogP contribution in [0.4, 0.5) is 11.4 Å². The van der Waals surface area contributed by atoms with E-state index in [1.807, 2.05) is 25.1 Å². The summed E-state index contributed by atoms with van der Waals surface area (Å²) in [5.41, 5.74) is 1.54. The minimum atomic E-state index is -0.122. The van der Waals surface area contributed by atoms with Crippen LogP contribution in [0.5, 0.6) is 11.5 Å². The molecular formula is C16H16Cl2N2O2. The molecule has 0 radical (unpaired) electrons. The molecule has 2 rings (SSSR count). The topological polar surface area (TPSA) is 41.6 Å². The predicted octanol–water partition coefficient (Wildman–Crippen LogP) is 4.81. The van der Waals surface area contributed by atoms with E-state index in [-0.39, 0.29) is 5.91 Å². The highest BCUT2D eigenvalue weighted by atomic mass is 35.5. The lowest BCUT2D eigenvalue weighted by molar-refractivity contribution is -0.114. The van der Waals surface area contributed by atoms with Crippen molar-refractivity contribution in [3.8, 4) is 11.5 Å². The molecule has 2 aromatic carbocycles. The first-order valence-electron chi connectivity index (χ1n) is 6.58. The summed E-state index contributed by atoms with van der Waals surface area (Å²) >= 11 is 11.9. The van der Waals surface area contributed by atoms with Crippen molar-refractivity contribution in [2.45, 2.75) is 6.92 Å². The van der Waals surface area contributed by atoms with Gasteiger partial charge in [-0.05, 0) is 30.3 Å². The highest BCUT2D eigenvalue weighted by Crippen LogP contribution is 2.35. The number of amides is 1. The lowest BCUT2D eigenvalue weighted by Gasteiger charge is -2.19. The summed E-state index contributed by atoms with van der Waals surface area (Å²) in [6.07, 6.45) is 0. The molecule has 0 heterocycles. The number of ether oxygens (including phenoxy) is 1. The van der Waals surface area contributed by atoms with Crippen molar-refractivity contribution in [2.24, 2.45) is 0 Å². The summed E-state index contributed by atoms with van der Waals surface area (Å²) in [6.45, 7) is 1.47. The fourth-order valence-electron chi connectivity index (χ4n) is 1.90. The van der Waals surface area contributed by atoms with Crippen LogP contribution in [0.2, 0.25) is 10.0 Å². The van der Waals surface area contributed by atoms with E-state index < -0.39 is 0 Å². The third-order valence-corrected chi connectivity index (χ3v) is 3.62. The molecule has 2 aromatic rings. The summed E-state index contributed by atoms with van der Waals surface area (Å²) in [7, 11) is 3.79. The molecule has 1 amide bonds. The van der Waals surface area contributed by atoms with E-state index in [0.29, 0.717) is 27.2 Å². The summed E-state index contributed by atoms with van der Waals surface area (Å²) in [5, 5.41) is 3.65. The number of nitrogens with one attached hydrogen (secondary N) is 1. The Morgan fingerprint density at radius 3 is 2.41 bits per heavy atom. The third kappa shape index (κ3) is 4.06. The fraction of sp³-hybridized carbons (Fsp3) is 0.188. The van der Waals surface area contributed by atoms with Gasteiger partial charge in [0.1, 0.15) is 5.75 Å². The summed E-state index contributed by atoms with van der Waals surface area (Å²) < 4.78 is 5.87. The minimum Gasteiger partial charge on any atom is -0.455 e. The van der Waals surface area contributed by atoms with Crippen LogP contribution in [0.15, 0.2) is 36.4 Å². The van der Waals surface area contributed by atoms with Gasteiger partial charge in [0.15, 0.2) is 5.75 Å². The number of nitrogens with zero attached hydrogens (tertiary/aromatic N) is 1. The van der Waals surface area contributed by atoms with Crippen LogP contribution in [0.3, 0.4) is 0 Å². The largest absolute Gasteiger partial charge is 0.455 e. The van der Waals surface area contributed by atoms with E-state index in [2.05, 4.69) is 5.32 Å². The van der Waals surface area contributed by atoms with Gasteiger partial charge >= 0.3 is 0 Å². The van der Waals surface area contributed by atoms with Crippen molar-refractivity contribution < 1.29 is 9.53 Å². The minimum absolute atomic E-state index is 0.122. The van der Waals surface area contributed by atoms with Crippen molar-refractivity contribution in [1.82, 2.24) is 0 Å². The highest BCUT2D eigenvalue weighted by molar-refractivity contribution is 6.42. The average Bonchev–Trinajstić information content (AvgIpc) is 2.43. The summed E-state index contributed by atoms with van der Waals surface area (Å²) in [6, 6.07) is 10.5. The average molecular weight is 339 g/mol. The molecule has 116 valence electrons. The molecule has 0 aliphatic carbocycles. The molecule has 0 bridgehead atoms. The highest BCUT2D eigenvalue weighted by Gasteiger charge is 2.10. The van der Waals surface area contributed by atoms with Gasteiger partial charge < -0.3 is 15.0 Å². The lowest BCUT2D eigenvalue weighted by atomic mass is 10.2. The Kier molecular flexibility index (Phi) is 5.16. The number of rotatable bonds is 4. The van der Waals surface area contributed by atoms with E-state index in [1.54, 1.807) is 30.3 Å². The Labute approximate surface area is 139 Å². The van der Waals surface area contributed by atoms with E-state index in [9.17, 15) is 4.79 Å². The molecule has 6 heteroatoms. The predicted molar refractivity (Wildman–Crippen MR) is 91.6 cm³/mol. The van der Waals surface area contributed by atoms with Gasteiger partial charge in [-0.15, -0.1) is 0 Å². The maximum Gasteiger partial charge on any atom is 0.221 e. The first kappa shape index (κ1) is 16.5. The van der Waals surface area contributed by atoms with Gasteiger partial charge in [0.2, 0.25) is 5.91 Å². The van der Waals surface area contributed by atoms with Gasteiger partial charge in [0.25, 0.3) is 0 Å². The molecule has 0 unspecified atom stereocenters. The second-order valence-electron chi connectivity index (χ2n) is 4.94. The number of carbonyl (C=O) groups excluding carboxylic acids is 1. The number of benzene rings is 2. The van der Waals surface area contributed by atoms with Crippen LogP contribution in [-0.4, -0.2) is 20.0 Å². The fourth-order valence-corrected chi connectivity index (χ4v) is 2.19. The van der Waals surface area contributed by atoms with Crippen LogP contribution in [-0.2, 0) is 4.79 Å². The molecule has 0 atom stereocenters. The number of halogens is 2. The molecule has 0 fully saturated rings. The Hall–Kier alpha value is -1.91. The van der Waals surface area contributed by atoms with Crippen molar-refractivity contribution in [1.29, 1.82) is 0 Å². The zero-order valence-corrected chi connectivity index (χ0v) is 14.0. The van der Waals surface area contributed by atoms with Gasteiger partial charge in [-0.25, -0.2) is 0 Å². The van der Waals surface area contributed by atoms with Crippen LogP contribution in [0.1, 0.15) is 6.92 Å². The Bertz CT molecular complexity index is 703. The van der Waals surface area contributed by atoms with E-state index in [0.717, 1.165) is 5.69 Å². The monoisotopic (exact) mass is 338 g/mol. The first-order chi connectivity index (χ1) is 10.4. The van der Waals surface area contributed by atoms with Gasteiger partial charge in [-0.2, -0.15) is 0 Å². The lowest BCUT2D eigenvalue weighted by Crippen LogP contribution is -2.12. The Morgan fingerprint density at radius 2 is 1.82 bits per heavy atom. The van der Waals surface area contributed by atoms with Gasteiger partial charge in [-0.3, -0.25) is 4.79 Å². The molecule has 4 nitrogen and oxygen atoms in total. The van der Waals surface area contributed by atoms with Crippen LogP contribution >= 0.6 is 23.2 Å². The van der Waals surface area contributed by atoms with Crippen molar-refractivity contribution in [3.05, 3.63) is 46.4 Å². The number of carbonyl (C=O) groups is 1. The number of hydrogen-bond donors (Lipinski definition) is 1. The normalized spacial score (nSPS) is 10.2. The molecule has 1 N–H and O–H groups in total. The van der Waals surface area contributed by atoms with Crippen LogP contribution < -0.4 is 15.0 Å². The molecule has 0 saturated heterocycles. The molecule has 22 heavy (non-hydrogen) atoms. The van der Waals surface area contributed by atoms with E-state index in [4.69, 9.17) is 27.9 Å². The molecule has 0 aromatic heterocycles. The van der Waals surface area contributed by atoms with E-state index in [1.165, 1.54) is 6.92 Å². The maximum absolute atomic E-state index is 11.2. The standard InChI is InChI=1S/C16H16Cl2N2O2/c1-10(21)19-11-4-7-16(15(8-11)20(2)3)22-12-5-6-13(17)14(18)9-12/h4-9H,1-3H3,(H,19,21). The summed E-state index contributed by atoms with van der Waals surface area (Å²) in [4.78, 5) is 13.1.